The highest BCUT2D eigenvalue weighted by Crippen LogP contribution is 2.38. The third kappa shape index (κ3) is 4.84. The Morgan fingerprint density at radius 2 is 1.79 bits per heavy atom. The van der Waals surface area contributed by atoms with Gasteiger partial charge in [0.1, 0.15) is 0 Å². The summed E-state index contributed by atoms with van der Waals surface area (Å²) in [5, 5.41) is 4.46. The number of amides is 1. The van der Waals surface area contributed by atoms with E-state index in [0.29, 0.717) is 24.4 Å². The van der Waals surface area contributed by atoms with E-state index in [0.717, 1.165) is 50.2 Å². The first-order chi connectivity index (χ1) is 15.9. The number of benzene rings is 1. The van der Waals surface area contributed by atoms with Gasteiger partial charge in [-0.25, -0.2) is 0 Å². The third-order valence-electron chi connectivity index (χ3n) is 7.18. The molecular formula is C28H36N4O. The molecule has 2 aromatic heterocycles. The first-order valence-corrected chi connectivity index (χ1v) is 12.5. The fraction of sp³-hybridized carbons (Fsp3) is 0.500. The predicted molar refractivity (Wildman–Crippen MR) is 135 cm³/mol. The van der Waals surface area contributed by atoms with Crippen LogP contribution in [0.15, 0.2) is 30.3 Å². The summed E-state index contributed by atoms with van der Waals surface area (Å²) in [5.41, 5.74) is 8.58. The molecule has 33 heavy (non-hydrogen) atoms. The molecule has 2 fully saturated rings. The van der Waals surface area contributed by atoms with Gasteiger partial charge in [0.25, 0.3) is 0 Å². The number of carbonyl (C=O) groups excluding carboxylic acids is 1. The Balaban J connectivity index is 1.37. The van der Waals surface area contributed by atoms with E-state index in [1.807, 2.05) is 0 Å². The van der Waals surface area contributed by atoms with Crippen LogP contribution in [-0.2, 0) is 4.79 Å². The van der Waals surface area contributed by atoms with Gasteiger partial charge in [-0.3, -0.25) is 14.7 Å². The van der Waals surface area contributed by atoms with Crippen LogP contribution < -0.4 is 5.32 Å². The van der Waals surface area contributed by atoms with Crippen molar-refractivity contribution in [1.82, 2.24) is 20.2 Å². The van der Waals surface area contributed by atoms with Crippen LogP contribution in [0.2, 0.25) is 0 Å². The normalized spacial score (nSPS) is 17.7. The number of hydrogen-bond acceptors (Lipinski definition) is 3. The number of aromatic nitrogens is 2. The van der Waals surface area contributed by atoms with E-state index in [9.17, 15) is 4.79 Å². The third-order valence-corrected chi connectivity index (χ3v) is 7.18. The van der Waals surface area contributed by atoms with Crippen molar-refractivity contribution in [2.24, 2.45) is 0 Å². The van der Waals surface area contributed by atoms with Crippen LogP contribution >= 0.6 is 0 Å². The number of pyridine rings is 1. The first kappa shape index (κ1) is 22.1. The summed E-state index contributed by atoms with van der Waals surface area (Å²) in [6, 6.07) is 11.8. The van der Waals surface area contributed by atoms with E-state index in [1.54, 1.807) is 0 Å². The zero-order valence-electron chi connectivity index (χ0n) is 20.4. The van der Waals surface area contributed by atoms with Crippen molar-refractivity contribution in [3.05, 3.63) is 52.8 Å². The Bertz CT molecular complexity index is 1150. The molecule has 0 spiro atoms. The van der Waals surface area contributed by atoms with Gasteiger partial charge in [-0.1, -0.05) is 19.9 Å². The molecule has 5 nitrogen and oxygen atoms in total. The summed E-state index contributed by atoms with van der Waals surface area (Å²) in [5.74, 6) is 1.17. The smallest absolute Gasteiger partial charge is 0.234 e. The monoisotopic (exact) mass is 444 g/mol. The molecule has 3 heterocycles. The fourth-order valence-corrected chi connectivity index (χ4v) is 5.42. The van der Waals surface area contributed by atoms with Crippen LogP contribution in [0, 0.1) is 13.8 Å². The van der Waals surface area contributed by atoms with Gasteiger partial charge in [0.05, 0.1) is 12.2 Å². The predicted octanol–water partition coefficient (Wildman–Crippen LogP) is 5.43. The maximum Gasteiger partial charge on any atom is 0.234 e. The van der Waals surface area contributed by atoms with Crippen molar-refractivity contribution >= 4 is 16.8 Å². The summed E-state index contributed by atoms with van der Waals surface area (Å²) in [7, 11) is 0. The van der Waals surface area contributed by atoms with E-state index < -0.39 is 0 Å². The average molecular weight is 445 g/mol. The SMILES string of the molecule is Cc1cc(-c2[nH]c3ccc(C4CCN(CC(=O)NC5CC5)CC4)cc3c2C(C)C)cc(C)n1. The van der Waals surface area contributed by atoms with Crippen LogP contribution in [-0.4, -0.2) is 46.5 Å². The molecule has 1 aliphatic heterocycles. The molecule has 0 bridgehead atoms. The number of carbonyl (C=O) groups is 1. The second kappa shape index (κ2) is 8.94. The Labute approximate surface area is 197 Å². The van der Waals surface area contributed by atoms with E-state index in [1.165, 1.54) is 33.3 Å². The topological polar surface area (TPSA) is 61.0 Å². The largest absolute Gasteiger partial charge is 0.354 e. The van der Waals surface area contributed by atoms with E-state index >= 15 is 0 Å². The molecule has 1 saturated carbocycles. The highest BCUT2D eigenvalue weighted by Gasteiger charge is 2.27. The molecule has 0 unspecified atom stereocenters. The highest BCUT2D eigenvalue weighted by molar-refractivity contribution is 5.92. The lowest BCUT2D eigenvalue weighted by Gasteiger charge is -2.31. The van der Waals surface area contributed by atoms with Gasteiger partial charge < -0.3 is 10.3 Å². The number of nitrogens with zero attached hydrogens (tertiary/aromatic N) is 2. The van der Waals surface area contributed by atoms with Gasteiger partial charge in [-0.15, -0.1) is 0 Å². The van der Waals surface area contributed by atoms with Crippen molar-refractivity contribution in [1.29, 1.82) is 0 Å². The van der Waals surface area contributed by atoms with Crippen LogP contribution in [0.5, 0.6) is 0 Å². The molecule has 5 heteroatoms. The molecule has 1 saturated heterocycles. The minimum atomic E-state index is 0.195. The minimum absolute atomic E-state index is 0.195. The number of aromatic amines is 1. The van der Waals surface area contributed by atoms with Gasteiger partial charge >= 0.3 is 0 Å². The molecule has 2 N–H and O–H groups in total. The lowest BCUT2D eigenvalue weighted by atomic mass is 9.87. The number of piperidine rings is 1. The summed E-state index contributed by atoms with van der Waals surface area (Å²) in [6.45, 7) is 11.2. The minimum Gasteiger partial charge on any atom is -0.354 e. The molecule has 3 aromatic rings. The van der Waals surface area contributed by atoms with Gasteiger partial charge in [-0.05, 0) is 99.8 Å². The summed E-state index contributed by atoms with van der Waals surface area (Å²) >= 11 is 0. The molecule has 1 aromatic carbocycles. The van der Waals surface area contributed by atoms with Gasteiger partial charge in [0.2, 0.25) is 5.91 Å². The standard InChI is InChI=1S/C28H36N4O/c1-17(2)27-24-15-21(20-9-11-32(12-10-20)16-26(33)30-23-6-7-23)5-8-25(24)31-28(27)22-13-18(3)29-19(4)14-22/h5,8,13-15,17,20,23,31H,6-7,9-12,16H2,1-4H3,(H,30,33). The van der Waals surface area contributed by atoms with Crippen LogP contribution in [0.25, 0.3) is 22.2 Å². The quantitative estimate of drug-likeness (QED) is 0.533. The molecule has 5 rings (SSSR count). The Kier molecular flexibility index (Phi) is 6.00. The second-order valence-corrected chi connectivity index (χ2v) is 10.4. The molecular weight excluding hydrogens is 408 g/mol. The number of likely N-dealkylation sites (tertiary alicyclic amines) is 1. The summed E-state index contributed by atoms with van der Waals surface area (Å²) in [6.07, 6.45) is 4.52. The first-order valence-electron chi connectivity index (χ1n) is 12.5. The molecule has 0 atom stereocenters. The van der Waals surface area contributed by atoms with Crippen LogP contribution in [0.1, 0.15) is 73.9 Å². The summed E-state index contributed by atoms with van der Waals surface area (Å²) < 4.78 is 0. The van der Waals surface area contributed by atoms with Gasteiger partial charge in [0, 0.05) is 33.9 Å². The molecule has 174 valence electrons. The number of H-pyrrole nitrogens is 1. The lowest BCUT2D eigenvalue weighted by molar-refractivity contribution is -0.122. The van der Waals surface area contributed by atoms with Crippen molar-refractivity contribution in [2.75, 3.05) is 19.6 Å². The molecule has 0 radical (unpaired) electrons. The molecule has 1 amide bonds. The van der Waals surface area contributed by atoms with Gasteiger partial charge in [-0.2, -0.15) is 0 Å². The van der Waals surface area contributed by atoms with Crippen molar-refractivity contribution < 1.29 is 4.79 Å². The van der Waals surface area contributed by atoms with E-state index in [4.69, 9.17) is 0 Å². The fourth-order valence-electron chi connectivity index (χ4n) is 5.42. The average Bonchev–Trinajstić information content (AvgIpc) is 3.48. The second-order valence-electron chi connectivity index (χ2n) is 10.4. The lowest BCUT2D eigenvalue weighted by Crippen LogP contribution is -2.41. The zero-order valence-corrected chi connectivity index (χ0v) is 20.4. The maximum absolute atomic E-state index is 12.2. The van der Waals surface area contributed by atoms with E-state index in [-0.39, 0.29) is 5.91 Å². The van der Waals surface area contributed by atoms with E-state index in [2.05, 4.69) is 78.2 Å². The van der Waals surface area contributed by atoms with Crippen LogP contribution in [0.4, 0.5) is 0 Å². The number of nitrogens with one attached hydrogen (secondary N) is 2. The van der Waals surface area contributed by atoms with Crippen molar-refractivity contribution in [2.45, 2.75) is 71.3 Å². The van der Waals surface area contributed by atoms with Gasteiger partial charge in [0.15, 0.2) is 0 Å². The van der Waals surface area contributed by atoms with Crippen LogP contribution in [0.3, 0.4) is 0 Å². The van der Waals surface area contributed by atoms with Crippen molar-refractivity contribution in [3.63, 3.8) is 0 Å². The number of aryl methyl sites for hydroxylation is 2. The Morgan fingerprint density at radius 1 is 1.09 bits per heavy atom. The number of hydrogen-bond donors (Lipinski definition) is 2. The highest BCUT2D eigenvalue weighted by atomic mass is 16.2. The van der Waals surface area contributed by atoms with Crippen molar-refractivity contribution in [3.8, 4) is 11.3 Å². The number of fused-ring (bicyclic) bond motifs is 1. The zero-order chi connectivity index (χ0) is 23.1. The number of rotatable bonds is 6. The summed E-state index contributed by atoms with van der Waals surface area (Å²) in [4.78, 5) is 22.8. The molecule has 2 aliphatic rings. The molecule has 1 aliphatic carbocycles. The maximum atomic E-state index is 12.2. The Hall–Kier alpha value is -2.66. The Morgan fingerprint density at radius 3 is 2.42 bits per heavy atom.